The van der Waals surface area contributed by atoms with Crippen molar-refractivity contribution in [2.45, 2.75) is 27.2 Å². The minimum absolute atomic E-state index is 0.0110. The smallest absolute Gasteiger partial charge is 0.431 e. The molecule has 90 valence electrons. The molecule has 0 aliphatic rings. The van der Waals surface area contributed by atoms with Gasteiger partial charge < -0.3 is 9.63 Å². The number of carbonyl (C=O) groups excluding carboxylic acids is 1. The fourth-order valence-corrected chi connectivity index (χ4v) is 1.89. The Kier molecular flexibility index (Phi) is 6.56. The Labute approximate surface area is 89.4 Å². The summed E-state index contributed by atoms with van der Waals surface area (Å²) in [5.74, 6) is 0.302. The molecule has 0 aromatic heterocycles. The fraction of sp³-hybridized carbons (Fsp3) is 0.875. The first kappa shape index (κ1) is 14.4. The van der Waals surface area contributed by atoms with Crippen LogP contribution in [0.4, 0.5) is 4.79 Å². The van der Waals surface area contributed by atoms with Crippen LogP contribution in [0.3, 0.4) is 0 Å². The van der Waals surface area contributed by atoms with Gasteiger partial charge in [0, 0.05) is 0 Å². The number of nitrogens with one attached hydrogen (secondary N) is 1. The van der Waals surface area contributed by atoms with Crippen LogP contribution in [0.5, 0.6) is 0 Å². The van der Waals surface area contributed by atoms with Crippen molar-refractivity contribution >= 4 is 13.7 Å². The van der Waals surface area contributed by atoms with Gasteiger partial charge in [-0.3, -0.25) is 4.57 Å². The summed E-state index contributed by atoms with van der Waals surface area (Å²) in [7, 11) is -3.74. The van der Waals surface area contributed by atoms with Crippen LogP contribution in [0.25, 0.3) is 0 Å². The summed E-state index contributed by atoms with van der Waals surface area (Å²) < 4.78 is 20.1. The highest BCUT2D eigenvalue weighted by molar-refractivity contribution is 7.52. The van der Waals surface area contributed by atoms with Crippen molar-refractivity contribution in [3.8, 4) is 0 Å². The lowest BCUT2D eigenvalue weighted by molar-refractivity contribution is 0.0968. The first-order valence-corrected chi connectivity index (χ1v) is 6.57. The van der Waals surface area contributed by atoms with Crippen LogP contribution in [-0.4, -0.2) is 23.8 Å². The average Bonchev–Trinajstić information content (AvgIpc) is 2.13. The lowest BCUT2D eigenvalue weighted by Gasteiger charge is -2.12. The van der Waals surface area contributed by atoms with Crippen molar-refractivity contribution < 1.29 is 23.6 Å². The van der Waals surface area contributed by atoms with E-state index < -0.39 is 13.7 Å². The Morgan fingerprint density at radius 3 is 2.60 bits per heavy atom. The molecule has 2 N–H and O–H groups in total. The second kappa shape index (κ2) is 6.82. The van der Waals surface area contributed by atoms with E-state index in [1.165, 1.54) is 0 Å². The summed E-state index contributed by atoms with van der Waals surface area (Å²) in [6, 6.07) is 0. The summed E-state index contributed by atoms with van der Waals surface area (Å²) in [5, 5.41) is 0. The predicted octanol–water partition coefficient (Wildman–Crippen LogP) is 1.90. The van der Waals surface area contributed by atoms with E-state index in [4.69, 9.17) is 0 Å². The minimum Gasteiger partial charge on any atom is -0.448 e. The molecule has 6 nitrogen and oxygen atoms in total. The summed E-state index contributed by atoms with van der Waals surface area (Å²) in [4.78, 5) is 20.0. The molecule has 0 rings (SSSR count). The monoisotopic (exact) mass is 239 g/mol. The van der Waals surface area contributed by atoms with Gasteiger partial charge in [0.1, 0.15) is 0 Å². The first-order valence-electron chi connectivity index (χ1n) is 4.80. The van der Waals surface area contributed by atoms with Crippen molar-refractivity contribution in [3.63, 3.8) is 0 Å². The van der Waals surface area contributed by atoms with Crippen LogP contribution in [0.15, 0.2) is 0 Å². The number of hydrogen-bond donors (Lipinski definition) is 2. The van der Waals surface area contributed by atoms with Gasteiger partial charge in [-0.05, 0) is 19.3 Å². The highest BCUT2D eigenvalue weighted by Gasteiger charge is 2.21. The molecular weight excluding hydrogens is 221 g/mol. The fourth-order valence-electron chi connectivity index (χ4n) is 0.736. The van der Waals surface area contributed by atoms with Gasteiger partial charge in [-0.25, -0.2) is 4.79 Å². The molecule has 0 saturated carbocycles. The lowest BCUT2D eigenvalue weighted by Crippen LogP contribution is -2.24. The first-order chi connectivity index (χ1) is 6.87. The quantitative estimate of drug-likeness (QED) is 0.546. The molecule has 0 saturated heterocycles. The maximum absolute atomic E-state index is 11.3. The molecular formula is C8H18NO5P. The Morgan fingerprint density at radius 2 is 2.13 bits per heavy atom. The van der Waals surface area contributed by atoms with E-state index in [1.54, 1.807) is 12.4 Å². The van der Waals surface area contributed by atoms with E-state index in [2.05, 4.69) is 9.36 Å². The van der Waals surface area contributed by atoms with Crippen molar-refractivity contribution in [2.24, 2.45) is 5.92 Å². The molecule has 0 spiro atoms. The van der Waals surface area contributed by atoms with E-state index in [0.717, 1.165) is 0 Å². The molecule has 0 radical (unpaired) electrons. The highest BCUT2D eigenvalue weighted by Crippen LogP contribution is 2.41. The maximum atomic E-state index is 11.3. The molecule has 7 heteroatoms. The van der Waals surface area contributed by atoms with E-state index in [0.29, 0.717) is 12.3 Å². The van der Waals surface area contributed by atoms with Crippen LogP contribution >= 0.6 is 7.60 Å². The summed E-state index contributed by atoms with van der Waals surface area (Å²) >= 11 is 0. The molecule has 0 heterocycles. The second-order valence-corrected chi connectivity index (χ2v) is 5.36. The lowest BCUT2D eigenvalue weighted by atomic mass is 10.2. The van der Waals surface area contributed by atoms with Crippen LogP contribution < -0.4 is 5.48 Å². The molecule has 0 aliphatic carbocycles. The number of carbonyl (C=O) groups is 1. The van der Waals surface area contributed by atoms with E-state index in [-0.39, 0.29) is 12.8 Å². The number of rotatable bonds is 6. The topological polar surface area (TPSA) is 84.9 Å². The minimum atomic E-state index is -3.74. The van der Waals surface area contributed by atoms with Crippen molar-refractivity contribution in [2.75, 3.05) is 12.8 Å². The van der Waals surface area contributed by atoms with E-state index in [1.807, 2.05) is 13.8 Å². The molecule has 1 unspecified atom stereocenters. The zero-order valence-electron chi connectivity index (χ0n) is 9.23. The molecule has 0 bridgehead atoms. The zero-order chi connectivity index (χ0) is 11.9. The van der Waals surface area contributed by atoms with Gasteiger partial charge in [0.2, 0.25) is 0 Å². The number of hydrogen-bond acceptors (Lipinski definition) is 4. The van der Waals surface area contributed by atoms with Gasteiger partial charge in [0.15, 0.2) is 0 Å². The van der Waals surface area contributed by atoms with Gasteiger partial charge in [0.05, 0.1) is 12.8 Å². The third-order valence-corrected chi connectivity index (χ3v) is 2.74. The van der Waals surface area contributed by atoms with Crippen LogP contribution in [0, 0.1) is 5.92 Å². The Balaban J connectivity index is 3.83. The Bertz CT molecular complexity index is 243. The molecule has 0 aliphatic heterocycles. The van der Waals surface area contributed by atoms with Crippen molar-refractivity contribution in [3.05, 3.63) is 0 Å². The van der Waals surface area contributed by atoms with Gasteiger partial charge >= 0.3 is 13.7 Å². The second-order valence-electron chi connectivity index (χ2n) is 3.46. The van der Waals surface area contributed by atoms with Gasteiger partial charge in [0.25, 0.3) is 0 Å². The summed E-state index contributed by atoms with van der Waals surface area (Å²) in [5.41, 5.74) is 1.77. The number of hydroxylamine groups is 1. The van der Waals surface area contributed by atoms with E-state index >= 15 is 0 Å². The molecule has 1 atom stereocenters. The maximum Gasteiger partial charge on any atom is 0.431 e. The number of amides is 1. The standard InChI is InChI=1S/C8H18NO5P/c1-4-13-8(10)9-14-15(11,12)6-5-7(2)3/h7H,4-6H2,1-3H3,(H,9,10)(H,11,12). The largest absolute Gasteiger partial charge is 0.448 e. The molecule has 0 fully saturated rings. The SMILES string of the molecule is CCOC(=O)NOP(=O)(O)CCC(C)C. The zero-order valence-corrected chi connectivity index (χ0v) is 10.1. The van der Waals surface area contributed by atoms with Crippen molar-refractivity contribution in [1.82, 2.24) is 5.48 Å². The van der Waals surface area contributed by atoms with Crippen LogP contribution in [-0.2, 0) is 13.9 Å². The molecule has 0 aromatic rings. The van der Waals surface area contributed by atoms with E-state index in [9.17, 15) is 14.3 Å². The predicted molar refractivity (Wildman–Crippen MR) is 55.4 cm³/mol. The summed E-state index contributed by atoms with van der Waals surface area (Å²) in [6.45, 7) is 5.66. The molecule has 0 aromatic carbocycles. The third kappa shape index (κ3) is 8.42. The van der Waals surface area contributed by atoms with Crippen LogP contribution in [0.1, 0.15) is 27.2 Å². The van der Waals surface area contributed by atoms with Crippen molar-refractivity contribution in [1.29, 1.82) is 0 Å². The molecule has 1 amide bonds. The Morgan fingerprint density at radius 1 is 1.53 bits per heavy atom. The van der Waals surface area contributed by atoms with Gasteiger partial charge in [-0.1, -0.05) is 13.8 Å². The average molecular weight is 239 g/mol. The Hall–Kier alpha value is -0.580. The normalized spacial score (nSPS) is 14.7. The summed E-state index contributed by atoms with van der Waals surface area (Å²) in [6.07, 6.45) is -0.300. The third-order valence-electron chi connectivity index (χ3n) is 1.54. The number of ether oxygens (including phenoxy) is 1. The molecule has 15 heavy (non-hydrogen) atoms. The van der Waals surface area contributed by atoms with Gasteiger partial charge in [-0.15, -0.1) is 0 Å². The van der Waals surface area contributed by atoms with Gasteiger partial charge in [-0.2, -0.15) is 10.1 Å². The highest BCUT2D eigenvalue weighted by atomic mass is 31.2. The van der Waals surface area contributed by atoms with Crippen LogP contribution in [0.2, 0.25) is 0 Å².